The lowest BCUT2D eigenvalue weighted by Gasteiger charge is -2.28. The molecule has 3 nitrogen and oxygen atoms in total. The minimum absolute atomic E-state index is 0.229. The predicted molar refractivity (Wildman–Crippen MR) is 64.2 cm³/mol. The summed E-state index contributed by atoms with van der Waals surface area (Å²) in [6, 6.07) is 0.866. The number of hydrogen-bond donors (Lipinski definition) is 1. The molecule has 1 unspecified atom stereocenters. The van der Waals surface area contributed by atoms with Crippen molar-refractivity contribution in [3.05, 3.63) is 17.8 Å². The van der Waals surface area contributed by atoms with Crippen molar-refractivity contribution >= 4 is 0 Å². The van der Waals surface area contributed by atoms with Gasteiger partial charge in [-0.15, -0.1) is 0 Å². The fourth-order valence-corrected chi connectivity index (χ4v) is 2.42. The molecule has 1 aromatic rings. The second-order valence-electron chi connectivity index (χ2n) is 5.15. The summed E-state index contributed by atoms with van der Waals surface area (Å²) in [6.45, 7) is 6.41. The smallest absolute Gasteiger partial charge is 0.211 e. The van der Waals surface area contributed by atoms with Gasteiger partial charge in [-0.2, -0.15) is 0 Å². The van der Waals surface area contributed by atoms with Gasteiger partial charge in [0.1, 0.15) is 5.76 Å². The van der Waals surface area contributed by atoms with Gasteiger partial charge in [-0.25, -0.2) is 4.98 Å². The van der Waals surface area contributed by atoms with Crippen molar-refractivity contribution in [3.8, 4) is 0 Å². The Bertz CT molecular complexity index is 326. The normalized spacial score (nSPS) is 27.9. The highest BCUT2D eigenvalue weighted by atomic mass is 16.4. The molecular weight excluding hydrogens is 200 g/mol. The van der Waals surface area contributed by atoms with Gasteiger partial charge in [-0.05, 0) is 45.4 Å². The van der Waals surface area contributed by atoms with Crippen LogP contribution in [0.25, 0.3) is 0 Å². The molecule has 16 heavy (non-hydrogen) atoms. The molecule has 1 fully saturated rings. The highest BCUT2D eigenvalue weighted by Crippen LogP contribution is 2.25. The van der Waals surface area contributed by atoms with E-state index < -0.39 is 0 Å². The third kappa shape index (κ3) is 2.85. The molecule has 0 saturated heterocycles. The Hall–Kier alpha value is -0.830. The van der Waals surface area contributed by atoms with E-state index in [1.54, 1.807) is 6.20 Å². The van der Waals surface area contributed by atoms with E-state index in [9.17, 15) is 0 Å². The molecule has 2 rings (SSSR count). The fourth-order valence-electron chi connectivity index (χ4n) is 2.42. The molecule has 0 bridgehead atoms. The Kier molecular flexibility index (Phi) is 3.64. The molecule has 1 aliphatic carbocycles. The molecule has 1 aromatic heterocycles. The summed E-state index contributed by atoms with van der Waals surface area (Å²) in [7, 11) is 0. The largest absolute Gasteiger partial charge is 0.444 e. The molecular formula is C13H22N2O. The number of aryl methyl sites for hydroxylation is 1. The number of nitrogens with zero attached hydrogens (tertiary/aromatic N) is 1. The first-order chi connectivity index (χ1) is 7.65. The van der Waals surface area contributed by atoms with Crippen molar-refractivity contribution in [2.45, 2.75) is 58.5 Å². The zero-order valence-electron chi connectivity index (χ0n) is 10.5. The molecule has 0 spiro atoms. The summed E-state index contributed by atoms with van der Waals surface area (Å²) in [5.41, 5.74) is 0. The zero-order chi connectivity index (χ0) is 11.5. The van der Waals surface area contributed by atoms with Crippen LogP contribution in [0.15, 0.2) is 10.6 Å². The lowest BCUT2D eigenvalue weighted by Crippen LogP contribution is -2.34. The van der Waals surface area contributed by atoms with Gasteiger partial charge in [0.25, 0.3) is 0 Å². The Morgan fingerprint density at radius 1 is 1.38 bits per heavy atom. The summed E-state index contributed by atoms with van der Waals surface area (Å²) in [5, 5.41) is 3.61. The SMILES string of the molecule is Cc1cnc(C(C)NC2CCC(C)CC2)o1. The van der Waals surface area contributed by atoms with Crippen molar-refractivity contribution in [1.82, 2.24) is 10.3 Å². The first kappa shape index (κ1) is 11.6. The van der Waals surface area contributed by atoms with E-state index in [0.717, 1.165) is 17.6 Å². The number of nitrogens with one attached hydrogen (secondary N) is 1. The molecule has 0 radical (unpaired) electrons. The maximum Gasteiger partial charge on any atom is 0.211 e. The Morgan fingerprint density at radius 3 is 2.62 bits per heavy atom. The predicted octanol–water partition coefficient (Wildman–Crippen LogP) is 3.21. The van der Waals surface area contributed by atoms with Crippen molar-refractivity contribution < 1.29 is 4.42 Å². The quantitative estimate of drug-likeness (QED) is 0.853. The van der Waals surface area contributed by atoms with Crippen LogP contribution < -0.4 is 5.32 Å². The lowest BCUT2D eigenvalue weighted by atomic mass is 9.87. The average molecular weight is 222 g/mol. The summed E-state index contributed by atoms with van der Waals surface area (Å²) in [6.07, 6.45) is 7.04. The molecule has 1 N–H and O–H groups in total. The van der Waals surface area contributed by atoms with E-state index in [2.05, 4.69) is 24.1 Å². The average Bonchev–Trinajstić information content (AvgIpc) is 2.68. The van der Waals surface area contributed by atoms with Crippen LogP contribution >= 0.6 is 0 Å². The van der Waals surface area contributed by atoms with Gasteiger partial charge < -0.3 is 9.73 Å². The molecule has 90 valence electrons. The van der Waals surface area contributed by atoms with Crippen molar-refractivity contribution in [2.24, 2.45) is 5.92 Å². The van der Waals surface area contributed by atoms with Crippen LogP contribution in [0, 0.1) is 12.8 Å². The fraction of sp³-hybridized carbons (Fsp3) is 0.769. The van der Waals surface area contributed by atoms with E-state index >= 15 is 0 Å². The second kappa shape index (κ2) is 5.00. The van der Waals surface area contributed by atoms with Gasteiger partial charge >= 0.3 is 0 Å². The molecule has 1 atom stereocenters. The van der Waals surface area contributed by atoms with Crippen LogP contribution in [0.4, 0.5) is 0 Å². The number of rotatable bonds is 3. The van der Waals surface area contributed by atoms with Crippen molar-refractivity contribution in [2.75, 3.05) is 0 Å². The van der Waals surface area contributed by atoms with Crippen LogP contribution in [0.2, 0.25) is 0 Å². The third-order valence-electron chi connectivity index (χ3n) is 3.51. The topological polar surface area (TPSA) is 38.1 Å². The molecule has 1 saturated carbocycles. The highest BCUT2D eigenvalue weighted by Gasteiger charge is 2.21. The van der Waals surface area contributed by atoms with Crippen molar-refractivity contribution in [3.63, 3.8) is 0 Å². The van der Waals surface area contributed by atoms with Crippen LogP contribution in [-0.4, -0.2) is 11.0 Å². The molecule has 1 heterocycles. The van der Waals surface area contributed by atoms with E-state index in [1.807, 2.05) is 6.92 Å². The van der Waals surface area contributed by atoms with Gasteiger partial charge in [0.15, 0.2) is 0 Å². The first-order valence-electron chi connectivity index (χ1n) is 6.33. The summed E-state index contributed by atoms with van der Waals surface area (Å²) in [4.78, 5) is 4.27. The van der Waals surface area contributed by atoms with Gasteiger partial charge in [-0.1, -0.05) is 6.92 Å². The third-order valence-corrected chi connectivity index (χ3v) is 3.51. The maximum atomic E-state index is 5.53. The van der Waals surface area contributed by atoms with E-state index in [1.165, 1.54) is 25.7 Å². The Balaban J connectivity index is 1.85. The van der Waals surface area contributed by atoms with Crippen LogP contribution in [-0.2, 0) is 0 Å². The minimum Gasteiger partial charge on any atom is -0.444 e. The van der Waals surface area contributed by atoms with E-state index in [4.69, 9.17) is 4.42 Å². The van der Waals surface area contributed by atoms with Gasteiger partial charge in [-0.3, -0.25) is 0 Å². The number of aromatic nitrogens is 1. The standard InChI is InChI=1S/C13H22N2O/c1-9-4-6-12(7-5-9)15-11(3)13-14-8-10(2)16-13/h8-9,11-12,15H,4-7H2,1-3H3. The van der Waals surface area contributed by atoms with Gasteiger partial charge in [0.05, 0.1) is 12.2 Å². The highest BCUT2D eigenvalue weighted by molar-refractivity contribution is 4.96. The van der Waals surface area contributed by atoms with E-state index in [0.29, 0.717) is 6.04 Å². The molecule has 1 aliphatic rings. The summed E-state index contributed by atoms with van der Waals surface area (Å²) < 4.78 is 5.53. The zero-order valence-corrected chi connectivity index (χ0v) is 10.5. The Labute approximate surface area is 97.6 Å². The molecule has 0 amide bonds. The number of hydrogen-bond acceptors (Lipinski definition) is 3. The van der Waals surface area contributed by atoms with Gasteiger partial charge in [0, 0.05) is 6.04 Å². The summed E-state index contributed by atoms with van der Waals surface area (Å²) >= 11 is 0. The Morgan fingerprint density at radius 2 is 2.06 bits per heavy atom. The molecule has 0 aromatic carbocycles. The first-order valence-corrected chi connectivity index (χ1v) is 6.33. The van der Waals surface area contributed by atoms with Crippen LogP contribution in [0.3, 0.4) is 0 Å². The summed E-state index contributed by atoms with van der Waals surface area (Å²) in [5.74, 6) is 2.61. The van der Waals surface area contributed by atoms with Crippen molar-refractivity contribution in [1.29, 1.82) is 0 Å². The molecule has 3 heteroatoms. The minimum atomic E-state index is 0.229. The van der Waals surface area contributed by atoms with Crippen LogP contribution in [0.1, 0.15) is 57.2 Å². The monoisotopic (exact) mass is 222 g/mol. The lowest BCUT2D eigenvalue weighted by molar-refractivity contribution is 0.276. The number of oxazole rings is 1. The van der Waals surface area contributed by atoms with Gasteiger partial charge in [0.2, 0.25) is 5.89 Å². The molecule has 0 aliphatic heterocycles. The second-order valence-corrected chi connectivity index (χ2v) is 5.15. The maximum absolute atomic E-state index is 5.53. The van der Waals surface area contributed by atoms with Crippen LogP contribution in [0.5, 0.6) is 0 Å². The van der Waals surface area contributed by atoms with E-state index in [-0.39, 0.29) is 6.04 Å².